The monoisotopic (exact) mass is 284 g/mol. The van der Waals surface area contributed by atoms with Crippen LogP contribution in [0.4, 0.5) is 0 Å². The Bertz CT molecular complexity index is 442. The average Bonchev–Trinajstić information content (AvgIpc) is 2.28. The number of hydrogen-bond donors (Lipinski definition) is 2. The van der Waals surface area contributed by atoms with Crippen molar-refractivity contribution in [1.29, 1.82) is 5.41 Å². The highest BCUT2D eigenvalue weighted by molar-refractivity contribution is 6.31. The number of nitrogen functional groups attached to an aromatic ring is 1. The number of nitrogens with one attached hydrogen (secondary N) is 1. The minimum atomic E-state index is -0.149. The fourth-order valence-electron chi connectivity index (χ4n) is 1.42. The predicted octanol–water partition coefficient (Wildman–Crippen LogP) is 2.96. The van der Waals surface area contributed by atoms with Gasteiger partial charge >= 0.3 is 0 Å². The molecule has 4 nitrogen and oxygen atoms in total. The predicted molar refractivity (Wildman–Crippen MR) is 77.8 cm³/mol. The number of ether oxygens (including phenoxy) is 2. The molecule has 0 radical (unpaired) electrons. The first-order valence-electron chi connectivity index (χ1n) is 6.14. The van der Waals surface area contributed by atoms with E-state index in [-0.39, 0.29) is 11.4 Å². The minimum Gasteiger partial charge on any atom is -0.384 e. The van der Waals surface area contributed by atoms with Gasteiger partial charge in [0, 0.05) is 10.6 Å². The highest BCUT2D eigenvalue weighted by Crippen LogP contribution is 2.18. The number of rotatable bonds is 6. The van der Waals surface area contributed by atoms with Crippen LogP contribution in [0.5, 0.6) is 0 Å². The normalized spacial score (nSPS) is 11.6. The Balaban J connectivity index is 2.40. The first-order chi connectivity index (χ1) is 8.79. The topological polar surface area (TPSA) is 68.3 Å². The number of hydrogen-bond acceptors (Lipinski definition) is 3. The van der Waals surface area contributed by atoms with Gasteiger partial charge in [-0.1, -0.05) is 23.7 Å². The maximum atomic E-state index is 7.33. The quantitative estimate of drug-likeness (QED) is 0.479. The van der Waals surface area contributed by atoms with E-state index >= 15 is 0 Å². The molecule has 0 amide bonds. The molecule has 1 rings (SSSR count). The summed E-state index contributed by atoms with van der Waals surface area (Å²) in [7, 11) is 0. The lowest BCUT2D eigenvalue weighted by Crippen LogP contribution is -2.21. The zero-order valence-corrected chi connectivity index (χ0v) is 12.4. The van der Waals surface area contributed by atoms with E-state index in [9.17, 15) is 0 Å². The molecule has 0 aliphatic rings. The molecule has 0 aliphatic heterocycles. The van der Waals surface area contributed by atoms with Crippen molar-refractivity contribution in [3.8, 4) is 0 Å². The van der Waals surface area contributed by atoms with Gasteiger partial charge in [-0.25, -0.2) is 0 Å². The van der Waals surface area contributed by atoms with Crippen molar-refractivity contribution >= 4 is 17.4 Å². The molecule has 0 saturated carbocycles. The van der Waals surface area contributed by atoms with Gasteiger partial charge in [-0.15, -0.1) is 0 Å². The summed E-state index contributed by atoms with van der Waals surface area (Å²) in [6.07, 6.45) is 0. The molecule has 0 aromatic heterocycles. The molecular weight excluding hydrogens is 264 g/mol. The summed E-state index contributed by atoms with van der Waals surface area (Å²) in [5.41, 5.74) is 6.73. The van der Waals surface area contributed by atoms with Crippen LogP contribution in [0, 0.1) is 5.41 Å². The molecule has 1 aromatic rings. The van der Waals surface area contributed by atoms with Crippen molar-refractivity contribution in [2.24, 2.45) is 5.73 Å². The molecule has 0 heterocycles. The summed E-state index contributed by atoms with van der Waals surface area (Å²) in [5.74, 6) is 0.00736. The molecule has 0 unspecified atom stereocenters. The lowest BCUT2D eigenvalue weighted by atomic mass is 10.1. The Morgan fingerprint density at radius 2 is 2.00 bits per heavy atom. The Labute approximate surface area is 119 Å². The Kier molecular flexibility index (Phi) is 5.79. The average molecular weight is 285 g/mol. The van der Waals surface area contributed by atoms with Gasteiger partial charge < -0.3 is 15.2 Å². The molecule has 19 heavy (non-hydrogen) atoms. The van der Waals surface area contributed by atoms with E-state index in [0.29, 0.717) is 30.4 Å². The SMILES string of the molecule is CC(C)(C)OCCOCc1ccc(C(=N)N)cc1Cl. The van der Waals surface area contributed by atoms with Crippen molar-refractivity contribution < 1.29 is 9.47 Å². The summed E-state index contributed by atoms with van der Waals surface area (Å²) in [6.45, 7) is 7.50. The van der Waals surface area contributed by atoms with Crippen LogP contribution < -0.4 is 5.73 Å². The maximum absolute atomic E-state index is 7.33. The van der Waals surface area contributed by atoms with Crippen molar-refractivity contribution in [2.45, 2.75) is 33.0 Å². The molecule has 0 fully saturated rings. The van der Waals surface area contributed by atoms with Crippen molar-refractivity contribution in [1.82, 2.24) is 0 Å². The van der Waals surface area contributed by atoms with Crippen LogP contribution in [0.1, 0.15) is 31.9 Å². The van der Waals surface area contributed by atoms with Gasteiger partial charge in [-0.05, 0) is 32.4 Å². The molecule has 3 N–H and O–H groups in total. The van der Waals surface area contributed by atoms with Gasteiger partial charge in [0.15, 0.2) is 0 Å². The second-order valence-corrected chi connectivity index (χ2v) is 5.64. The van der Waals surface area contributed by atoms with E-state index in [1.54, 1.807) is 12.1 Å². The fraction of sp³-hybridized carbons (Fsp3) is 0.500. The van der Waals surface area contributed by atoms with Gasteiger partial charge in [0.1, 0.15) is 5.84 Å². The van der Waals surface area contributed by atoms with Gasteiger partial charge in [0.05, 0.1) is 25.4 Å². The van der Waals surface area contributed by atoms with Crippen LogP contribution in [0.25, 0.3) is 0 Å². The summed E-state index contributed by atoms with van der Waals surface area (Å²) in [6, 6.07) is 5.26. The van der Waals surface area contributed by atoms with Crippen LogP contribution in [-0.4, -0.2) is 24.7 Å². The summed E-state index contributed by atoms with van der Waals surface area (Å²) >= 11 is 6.10. The Morgan fingerprint density at radius 3 is 2.53 bits per heavy atom. The molecule has 0 aliphatic carbocycles. The van der Waals surface area contributed by atoms with Crippen LogP contribution >= 0.6 is 11.6 Å². The lowest BCUT2D eigenvalue weighted by Gasteiger charge is -2.19. The summed E-state index contributed by atoms with van der Waals surface area (Å²) in [5, 5.41) is 7.88. The molecule has 5 heteroatoms. The van der Waals surface area contributed by atoms with Crippen LogP contribution in [0.15, 0.2) is 18.2 Å². The first kappa shape index (κ1) is 16.0. The molecule has 0 atom stereocenters. The second kappa shape index (κ2) is 6.89. The zero-order valence-electron chi connectivity index (χ0n) is 11.6. The van der Waals surface area contributed by atoms with Crippen LogP contribution in [-0.2, 0) is 16.1 Å². The van der Waals surface area contributed by atoms with E-state index in [1.807, 2.05) is 26.8 Å². The molecule has 106 valence electrons. The zero-order chi connectivity index (χ0) is 14.5. The highest BCUT2D eigenvalue weighted by Gasteiger charge is 2.09. The standard InChI is InChI=1S/C14H21ClN2O2/c1-14(2,3)19-7-6-18-9-11-5-4-10(13(16)17)8-12(11)15/h4-5,8H,6-7,9H2,1-3H3,(H3,16,17). The first-order valence-corrected chi connectivity index (χ1v) is 6.52. The van der Waals surface area contributed by atoms with E-state index in [4.69, 9.17) is 32.2 Å². The molecule has 0 spiro atoms. The number of nitrogens with two attached hydrogens (primary N) is 1. The van der Waals surface area contributed by atoms with E-state index in [0.717, 1.165) is 5.56 Å². The van der Waals surface area contributed by atoms with E-state index in [2.05, 4.69) is 0 Å². The van der Waals surface area contributed by atoms with Crippen molar-refractivity contribution in [3.05, 3.63) is 34.3 Å². The number of halogens is 1. The largest absolute Gasteiger partial charge is 0.384 e. The van der Waals surface area contributed by atoms with Crippen LogP contribution in [0.3, 0.4) is 0 Å². The Hall–Kier alpha value is -1.10. The number of benzene rings is 1. The lowest BCUT2D eigenvalue weighted by molar-refractivity contribution is -0.0376. The van der Waals surface area contributed by atoms with Crippen molar-refractivity contribution in [2.75, 3.05) is 13.2 Å². The van der Waals surface area contributed by atoms with Gasteiger partial charge in [0.2, 0.25) is 0 Å². The van der Waals surface area contributed by atoms with Gasteiger partial charge in [-0.3, -0.25) is 5.41 Å². The fourth-order valence-corrected chi connectivity index (χ4v) is 1.66. The maximum Gasteiger partial charge on any atom is 0.122 e. The van der Waals surface area contributed by atoms with E-state index < -0.39 is 0 Å². The minimum absolute atomic E-state index is 0.00736. The third-order valence-electron chi connectivity index (χ3n) is 2.38. The third-order valence-corrected chi connectivity index (χ3v) is 2.74. The summed E-state index contributed by atoms with van der Waals surface area (Å²) in [4.78, 5) is 0. The molecular formula is C14H21ClN2O2. The smallest absolute Gasteiger partial charge is 0.122 e. The molecule has 1 aromatic carbocycles. The highest BCUT2D eigenvalue weighted by atomic mass is 35.5. The van der Waals surface area contributed by atoms with Crippen molar-refractivity contribution in [3.63, 3.8) is 0 Å². The van der Waals surface area contributed by atoms with E-state index in [1.165, 1.54) is 0 Å². The number of amidine groups is 1. The third kappa shape index (κ3) is 6.05. The Morgan fingerprint density at radius 1 is 1.32 bits per heavy atom. The van der Waals surface area contributed by atoms with Crippen LogP contribution in [0.2, 0.25) is 5.02 Å². The molecule has 0 bridgehead atoms. The summed E-state index contributed by atoms with van der Waals surface area (Å²) < 4.78 is 11.0. The van der Waals surface area contributed by atoms with Gasteiger partial charge in [-0.2, -0.15) is 0 Å². The second-order valence-electron chi connectivity index (χ2n) is 5.23. The van der Waals surface area contributed by atoms with Gasteiger partial charge in [0.25, 0.3) is 0 Å². The molecule has 0 saturated heterocycles.